The van der Waals surface area contributed by atoms with Crippen molar-refractivity contribution in [3.05, 3.63) is 160 Å². The summed E-state index contributed by atoms with van der Waals surface area (Å²) in [5.41, 5.74) is 2.58. The number of nitrogens with zero attached hydrogens (tertiary/aromatic N) is 1. The molecule has 1 heterocycles. The van der Waals surface area contributed by atoms with E-state index in [1.54, 1.807) is 4.90 Å². The lowest BCUT2D eigenvalue weighted by molar-refractivity contribution is -0.0802. The van der Waals surface area contributed by atoms with Crippen LogP contribution in [0.3, 0.4) is 0 Å². The Labute approximate surface area is 333 Å². The van der Waals surface area contributed by atoms with Gasteiger partial charge in [-0.25, -0.2) is 4.79 Å². The molecule has 2 bridgehead atoms. The Morgan fingerprint density at radius 1 is 0.839 bits per heavy atom. The Hall–Kier alpha value is -5.08. The maximum atomic E-state index is 14.7. The van der Waals surface area contributed by atoms with E-state index in [0.29, 0.717) is 48.3 Å². The molecule has 1 amide bonds. The van der Waals surface area contributed by atoms with Crippen LogP contribution in [0.4, 0.5) is 4.79 Å². The van der Waals surface area contributed by atoms with Crippen LogP contribution in [0.5, 0.6) is 5.75 Å². The maximum absolute atomic E-state index is 14.7. The Kier molecular flexibility index (Phi) is 10.7. The molecule has 6 aromatic rings. The first-order valence-corrected chi connectivity index (χ1v) is 20.6. The zero-order valence-corrected chi connectivity index (χ0v) is 32.9. The van der Waals surface area contributed by atoms with Crippen molar-refractivity contribution in [2.45, 2.75) is 83.0 Å². The zero-order valence-electron chi connectivity index (χ0n) is 32.1. The Balaban J connectivity index is 1.18. The lowest BCUT2D eigenvalue weighted by Crippen LogP contribution is -2.54. The molecule has 0 saturated heterocycles. The number of rotatable bonds is 7. The molecule has 6 nitrogen and oxygen atoms in total. The quantitative estimate of drug-likeness (QED) is 0.125. The van der Waals surface area contributed by atoms with Gasteiger partial charge in [-0.05, 0) is 121 Å². The summed E-state index contributed by atoms with van der Waals surface area (Å²) in [4.78, 5) is 31.3. The normalized spacial score (nSPS) is 22.7. The van der Waals surface area contributed by atoms with E-state index in [4.69, 9.17) is 4.74 Å². The van der Waals surface area contributed by atoms with Gasteiger partial charge in [0.1, 0.15) is 5.75 Å². The first-order chi connectivity index (χ1) is 27.1. The summed E-state index contributed by atoms with van der Waals surface area (Å²) >= 11 is 1.50. The summed E-state index contributed by atoms with van der Waals surface area (Å²) in [6.45, 7) is 4.59. The third kappa shape index (κ3) is 7.68. The van der Waals surface area contributed by atoms with Crippen LogP contribution in [0.2, 0.25) is 0 Å². The van der Waals surface area contributed by atoms with Gasteiger partial charge in [-0.1, -0.05) is 110 Å². The van der Waals surface area contributed by atoms with E-state index in [1.165, 1.54) is 16.9 Å². The first kappa shape index (κ1) is 37.8. The number of fused-ring (bicyclic) bond motifs is 10. The topological polar surface area (TPSA) is 87.1 Å². The molecule has 5 aromatic carbocycles. The molecule has 3 aliphatic carbocycles. The number of thiophene rings is 1. The smallest absolute Gasteiger partial charge is 0.410 e. The van der Waals surface area contributed by atoms with Crippen molar-refractivity contribution in [3.63, 3.8) is 0 Å². The fourth-order valence-electron chi connectivity index (χ4n) is 9.12. The van der Waals surface area contributed by atoms with Gasteiger partial charge in [0.25, 0.3) is 0 Å². The predicted octanol–water partition coefficient (Wildman–Crippen LogP) is 11.0. The lowest BCUT2D eigenvalue weighted by atomic mass is 9.64. The molecule has 1 fully saturated rings. The van der Waals surface area contributed by atoms with Crippen molar-refractivity contribution in [2.24, 2.45) is 5.41 Å². The number of aliphatic hydroxyl groups excluding tert-OH is 1. The second-order valence-electron chi connectivity index (χ2n) is 16.1. The van der Waals surface area contributed by atoms with Crippen LogP contribution >= 0.6 is 11.3 Å². The molecule has 0 unspecified atom stereocenters. The van der Waals surface area contributed by atoms with Crippen LogP contribution in [-0.2, 0) is 13.0 Å². The number of hydrogen-bond donors (Lipinski definition) is 2. The number of ether oxygens (including phenoxy) is 1. The van der Waals surface area contributed by atoms with E-state index >= 15 is 0 Å². The molecule has 286 valence electrons. The van der Waals surface area contributed by atoms with E-state index < -0.39 is 23.2 Å². The fraction of sp³-hybridized carbons (Fsp3) is 0.306. The minimum atomic E-state index is -1.31. The minimum Gasteiger partial charge on any atom is -0.410 e. The number of allylic oxidation sites excluding steroid dienone is 2. The Morgan fingerprint density at radius 3 is 2.39 bits per heavy atom. The average Bonchev–Trinajstić information content (AvgIpc) is 3.75. The number of ketones is 1. The molecule has 1 aromatic heterocycles. The van der Waals surface area contributed by atoms with E-state index in [1.807, 2.05) is 109 Å². The molecule has 7 heteroatoms. The third-order valence-electron chi connectivity index (χ3n) is 12.4. The molecular weight excluding hydrogens is 715 g/mol. The molecule has 0 spiro atoms. The van der Waals surface area contributed by atoms with E-state index in [-0.39, 0.29) is 24.8 Å². The summed E-state index contributed by atoms with van der Waals surface area (Å²) in [7, 11) is 0. The number of benzene rings is 5. The molecule has 0 aliphatic heterocycles. The van der Waals surface area contributed by atoms with Gasteiger partial charge in [0.05, 0.1) is 23.1 Å². The summed E-state index contributed by atoms with van der Waals surface area (Å²) in [6, 6.07) is 39.6. The molecule has 4 atom stereocenters. The number of aliphatic hydroxyl groups is 2. The van der Waals surface area contributed by atoms with Crippen molar-refractivity contribution in [2.75, 3.05) is 6.54 Å². The van der Waals surface area contributed by atoms with Crippen LogP contribution in [-0.4, -0.2) is 45.2 Å². The summed E-state index contributed by atoms with van der Waals surface area (Å²) in [5.74, 6) is 0.233. The maximum Gasteiger partial charge on any atom is 0.415 e. The molecule has 0 radical (unpaired) electrons. The van der Waals surface area contributed by atoms with E-state index in [2.05, 4.69) is 32.1 Å². The molecule has 2 N–H and O–H groups in total. The highest BCUT2D eigenvalue weighted by Crippen LogP contribution is 2.59. The highest BCUT2D eigenvalue weighted by atomic mass is 32.1. The van der Waals surface area contributed by atoms with Crippen molar-refractivity contribution in [1.29, 1.82) is 0 Å². The number of carbonyl (C=O) groups excluding carboxylic acids is 2. The van der Waals surface area contributed by atoms with Gasteiger partial charge < -0.3 is 19.8 Å². The third-order valence-corrected chi connectivity index (χ3v) is 13.5. The van der Waals surface area contributed by atoms with Gasteiger partial charge in [0.2, 0.25) is 5.78 Å². The van der Waals surface area contributed by atoms with Crippen molar-refractivity contribution >= 4 is 44.1 Å². The zero-order chi connectivity index (χ0) is 38.9. The molecule has 3 aliphatic rings. The first-order valence-electron chi connectivity index (χ1n) is 19.8. The average molecular weight is 764 g/mol. The fourth-order valence-corrected chi connectivity index (χ4v) is 10.1. The summed E-state index contributed by atoms with van der Waals surface area (Å²) in [6.07, 6.45) is 5.49. The van der Waals surface area contributed by atoms with Crippen molar-refractivity contribution < 1.29 is 24.5 Å². The second-order valence-corrected chi connectivity index (χ2v) is 17.2. The molecule has 9 rings (SSSR count). The largest absolute Gasteiger partial charge is 0.415 e. The van der Waals surface area contributed by atoms with Gasteiger partial charge in [0.15, 0.2) is 0 Å². The van der Waals surface area contributed by atoms with E-state index in [0.717, 1.165) is 50.4 Å². The van der Waals surface area contributed by atoms with Crippen LogP contribution in [0.15, 0.2) is 133 Å². The van der Waals surface area contributed by atoms with Crippen molar-refractivity contribution in [1.82, 2.24) is 4.90 Å². The van der Waals surface area contributed by atoms with Gasteiger partial charge in [-0.15, -0.1) is 11.3 Å². The standard InChI is InChI=1S/C49H49NO5S/c1-33-11-10-25-48(2)43(41-23-19-35(27-39(51)21-18-33)28-42(41)46(52)45-30-38-16-8-9-17-44(38)56-45)24-26-49(48,54)32-50(31-34-12-4-3-5-13-34)47(53)55-40-22-20-36-14-6-7-15-37(36)29-40/h3-9,11-17,19-20,22-23,28-30,39,43,51,54H,10,18,21,24-27,31-32H2,1-2H3/t39-,43-,48-,49+/m0/s1. The predicted molar refractivity (Wildman–Crippen MR) is 225 cm³/mol. The highest BCUT2D eigenvalue weighted by Gasteiger charge is 2.58. The van der Waals surface area contributed by atoms with Crippen LogP contribution in [0, 0.1) is 5.41 Å². The van der Waals surface area contributed by atoms with Gasteiger partial charge >= 0.3 is 6.09 Å². The van der Waals surface area contributed by atoms with Gasteiger partial charge in [0, 0.05) is 22.2 Å². The molecule has 56 heavy (non-hydrogen) atoms. The van der Waals surface area contributed by atoms with Crippen LogP contribution < -0.4 is 4.74 Å². The SMILES string of the molecule is CC1=CCC[C@@]2(C)[C@@H](CC[C@@]2(O)CN(Cc2ccccc2)C(=O)Oc2ccc3ccccc3c2)c2ccc(cc2C(=O)c2cc3ccccc3s2)C[C@@H](O)CC1. The van der Waals surface area contributed by atoms with Crippen molar-refractivity contribution in [3.8, 4) is 5.75 Å². The van der Waals surface area contributed by atoms with Gasteiger partial charge in [-0.3, -0.25) is 4.79 Å². The van der Waals surface area contributed by atoms with Crippen LogP contribution in [0.25, 0.3) is 20.9 Å². The monoisotopic (exact) mass is 763 g/mol. The Morgan fingerprint density at radius 2 is 1.59 bits per heavy atom. The van der Waals surface area contributed by atoms with Crippen LogP contribution in [0.1, 0.15) is 90.2 Å². The molecule has 1 saturated carbocycles. The number of hydrogen-bond acceptors (Lipinski definition) is 6. The minimum absolute atomic E-state index is 0.0390. The van der Waals surface area contributed by atoms with Gasteiger partial charge in [-0.2, -0.15) is 0 Å². The highest BCUT2D eigenvalue weighted by molar-refractivity contribution is 7.21. The summed E-state index contributed by atoms with van der Waals surface area (Å²) in [5, 5.41) is 27.3. The van der Waals surface area contributed by atoms with E-state index in [9.17, 15) is 19.8 Å². The lowest BCUT2D eigenvalue weighted by Gasteiger charge is -2.46. The Bertz CT molecular complexity index is 2390. The number of carbonyl (C=O) groups is 2. The molecular formula is C49H49NO5S. The summed E-state index contributed by atoms with van der Waals surface area (Å²) < 4.78 is 7.14. The second kappa shape index (κ2) is 15.8. The number of amides is 1.